The van der Waals surface area contributed by atoms with Gasteiger partial charge in [-0.3, -0.25) is 0 Å². The van der Waals surface area contributed by atoms with Crippen molar-refractivity contribution < 1.29 is 5.11 Å². The minimum absolute atomic E-state index is 0.119. The van der Waals surface area contributed by atoms with Crippen molar-refractivity contribution in [3.8, 4) is 0 Å². The lowest BCUT2D eigenvalue weighted by molar-refractivity contribution is 0.0879. The summed E-state index contributed by atoms with van der Waals surface area (Å²) in [4.78, 5) is 0. The van der Waals surface area contributed by atoms with Crippen molar-refractivity contribution in [2.45, 2.75) is 83.8 Å². The van der Waals surface area contributed by atoms with Crippen LogP contribution in [0.4, 0.5) is 0 Å². The highest BCUT2D eigenvalue weighted by Gasteiger charge is 2.25. The van der Waals surface area contributed by atoms with E-state index in [1.54, 1.807) is 0 Å². The van der Waals surface area contributed by atoms with Gasteiger partial charge in [-0.1, -0.05) is 52.4 Å². The summed E-state index contributed by atoms with van der Waals surface area (Å²) in [6, 6.07) is 0.361. The minimum Gasteiger partial charge on any atom is -0.392 e. The molecule has 2 nitrogen and oxygen atoms in total. The standard InChI is InChI=1S/C15H31NO/c1-3-5-6-7-8-9-15(17)14-12-13(4-2)10-11-16-14/h13-17H,3-12H2,1-2H3. The molecule has 1 aliphatic rings. The van der Waals surface area contributed by atoms with Crippen molar-refractivity contribution in [2.75, 3.05) is 6.54 Å². The number of nitrogens with one attached hydrogen (secondary N) is 1. The van der Waals surface area contributed by atoms with Crippen LogP contribution in [0.5, 0.6) is 0 Å². The Morgan fingerprint density at radius 1 is 1.18 bits per heavy atom. The Morgan fingerprint density at radius 3 is 2.65 bits per heavy atom. The molecule has 0 aromatic carbocycles. The van der Waals surface area contributed by atoms with E-state index in [0.717, 1.165) is 18.9 Å². The summed E-state index contributed by atoms with van der Waals surface area (Å²) in [7, 11) is 0. The molecule has 0 saturated carbocycles. The van der Waals surface area contributed by atoms with E-state index in [-0.39, 0.29) is 6.10 Å². The maximum atomic E-state index is 10.2. The van der Waals surface area contributed by atoms with Crippen LogP contribution in [0.25, 0.3) is 0 Å². The molecule has 0 spiro atoms. The van der Waals surface area contributed by atoms with Crippen molar-refractivity contribution in [2.24, 2.45) is 5.92 Å². The maximum Gasteiger partial charge on any atom is 0.0693 e. The molecule has 2 heteroatoms. The molecular weight excluding hydrogens is 210 g/mol. The van der Waals surface area contributed by atoms with Gasteiger partial charge in [0.2, 0.25) is 0 Å². The summed E-state index contributed by atoms with van der Waals surface area (Å²) in [6.45, 7) is 5.60. The van der Waals surface area contributed by atoms with Gasteiger partial charge >= 0.3 is 0 Å². The second-order valence-electron chi connectivity index (χ2n) is 5.63. The minimum atomic E-state index is -0.119. The molecular formula is C15H31NO. The van der Waals surface area contributed by atoms with E-state index in [0.29, 0.717) is 6.04 Å². The molecule has 2 N–H and O–H groups in total. The largest absolute Gasteiger partial charge is 0.392 e. The number of unbranched alkanes of at least 4 members (excludes halogenated alkanes) is 4. The third-order valence-corrected chi connectivity index (χ3v) is 4.19. The van der Waals surface area contributed by atoms with Crippen LogP contribution < -0.4 is 5.32 Å². The molecule has 0 radical (unpaired) electrons. The van der Waals surface area contributed by atoms with Gasteiger partial charge in [0.25, 0.3) is 0 Å². The Morgan fingerprint density at radius 2 is 1.94 bits per heavy atom. The zero-order valence-corrected chi connectivity index (χ0v) is 11.8. The van der Waals surface area contributed by atoms with E-state index in [9.17, 15) is 5.11 Å². The van der Waals surface area contributed by atoms with Gasteiger partial charge in [0.1, 0.15) is 0 Å². The predicted octanol–water partition coefficient (Wildman–Crippen LogP) is 3.49. The van der Waals surface area contributed by atoms with E-state index in [2.05, 4.69) is 19.2 Å². The highest BCUT2D eigenvalue weighted by molar-refractivity contribution is 4.83. The Bertz CT molecular complexity index is 184. The molecule has 17 heavy (non-hydrogen) atoms. The zero-order chi connectivity index (χ0) is 12.5. The third kappa shape index (κ3) is 5.87. The van der Waals surface area contributed by atoms with Crippen LogP contribution in [0.3, 0.4) is 0 Å². The molecule has 0 bridgehead atoms. The summed E-state index contributed by atoms with van der Waals surface area (Å²) < 4.78 is 0. The fourth-order valence-corrected chi connectivity index (χ4v) is 2.86. The smallest absolute Gasteiger partial charge is 0.0693 e. The summed E-state index contributed by atoms with van der Waals surface area (Å²) in [6.07, 6.45) is 11.0. The van der Waals surface area contributed by atoms with Crippen molar-refractivity contribution >= 4 is 0 Å². The lowest BCUT2D eigenvalue weighted by Crippen LogP contribution is -2.45. The van der Waals surface area contributed by atoms with Gasteiger partial charge in [-0.2, -0.15) is 0 Å². The molecule has 1 fully saturated rings. The van der Waals surface area contributed by atoms with Crippen LogP contribution in [0.2, 0.25) is 0 Å². The van der Waals surface area contributed by atoms with Crippen LogP contribution in [-0.4, -0.2) is 23.8 Å². The SMILES string of the molecule is CCCCCCCC(O)C1CC(CC)CCN1. The second-order valence-corrected chi connectivity index (χ2v) is 5.63. The molecule has 0 aliphatic carbocycles. The van der Waals surface area contributed by atoms with Gasteiger partial charge in [-0.15, -0.1) is 0 Å². The molecule has 1 saturated heterocycles. The number of hydrogen-bond acceptors (Lipinski definition) is 2. The van der Waals surface area contributed by atoms with Gasteiger partial charge in [0, 0.05) is 6.04 Å². The van der Waals surface area contributed by atoms with E-state index in [1.807, 2.05) is 0 Å². The van der Waals surface area contributed by atoms with Gasteiger partial charge in [0.05, 0.1) is 6.10 Å². The van der Waals surface area contributed by atoms with E-state index in [1.165, 1.54) is 51.4 Å². The number of hydrogen-bond donors (Lipinski definition) is 2. The Balaban J connectivity index is 2.11. The normalized spacial score (nSPS) is 27.0. The topological polar surface area (TPSA) is 32.3 Å². The first-order valence-electron chi connectivity index (χ1n) is 7.69. The van der Waals surface area contributed by atoms with Crippen LogP contribution in [0.15, 0.2) is 0 Å². The molecule has 1 aliphatic heterocycles. The highest BCUT2D eigenvalue weighted by Crippen LogP contribution is 2.22. The molecule has 0 amide bonds. The Labute approximate surface area is 107 Å². The fraction of sp³-hybridized carbons (Fsp3) is 1.00. The molecule has 0 aromatic rings. The molecule has 102 valence electrons. The average molecular weight is 241 g/mol. The first-order valence-corrected chi connectivity index (χ1v) is 7.69. The summed E-state index contributed by atoms with van der Waals surface area (Å²) in [5, 5.41) is 13.7. The summed E-state index contributed by atoms with van der Waals surface area (Å²) >= 11 is 0. The summed E-state index contributed by atoms with van der Waals surface area (Å²) in [5.74, 6) is 0.830. The lowest BCUT2D eigenvalue weighted by atomic mass is 9.87. The van der Waals surface area contributed by atoms with Gasteiger partial charge in [0.15, 0.2) is 0 Å². The van der Waals surface area contributed by atoms with E-state index < -0.39 is 0 Å². The Kier molecular flexibility index (Phi) is 7.87. The second kappa shape index (κ2) is 8.93. The predicted molar refractivity (Wildman–Crippen MR) is 74.2 cm³/mol. The Hall–Kier alpha value is -0.0800. The zero-order valence-electron chi connectivity index (χ0n) is 11.8. The van der Waals surface area contributed by atoms with Gasteiger partial charge in [-0.25, -0.2) is 0 Å². The molecule has 0 aromatic heterocycles. The highest BCUT2D eigenvalue weighted by atomic mass is 16.3. The number of rotatable bonds is 8. The van der Waals surface area contributed by atoms with Crippen molar-refractivity contribution in [3.63, 3.8) is 0 Å². The first kappa shape index (κ1) is 15.0. The fourth-order valence-electron chi connectivity index (χ4n) is 2.86. The van der Waals surface area contributed by atoms with Gasteiger partial charge < -0.3 is 10.4 Å². The molecule has 1 rings (SSSR count). The molecule has 3 atom stereocenters. The number of piperidine rings is 1. The lowest BCUT2D eigenvalue weighted by Gasteiger charge is -2.33. The van der Waals surface area contributed by atoms with Crippen molar-refractivity contribution in [3.05, 3.63) is 0 Å². The molecule has 3 unspecified atom stereocenters. The van der Waals surface area contributed by atoms with Crippen molar-refractivity contribution in [1.82, 2.24) is 5.32 Å². The number of aliphatic hydroxyl groups is 1. The molecule has 1 heterocycles. The van der Waals surface area contributed by atoms with Crippen LogP contribution >= 0.6 is 0 Å². The number of aliphatic hydroxyl groups excluding tert-OH is 1. The van der Waals surface area contributed by atoms with Crippen LogP contribution in [0.1, 0.15) is 71.6 Å². The van der Waals surface area contributed by atoms with E-state index in [4.69, 9.17) is 0 Å². The monoisotopic (exact) mass is 241 g/mol. The van der Waals surface area contributed by atoms with Crippen LogP contribution in [0, 0.1) is 5.92 Å². The van der Waals surface area contributed by atoms with Crippen molar-refractivity contribution in [1.29, 1.82) is 0 Å². The maximum absolute atomic E-state index is 10.2. The summed E-state index contributed by atoms with van der Waals surface area (Å²) in [5.41, 5.74) is 0. The van der Waals surface area contributed by atoms with Crippen LogP contribution in [-0.2, 0) is 0 Å². The van der Waals surface area contributed by atoms with E-state index >= 15 is 0 Å². The third-order valence-electron chi connectivity index (χ3n) is 4.19. The first-order chi connectivity index (χ1) is 8.27. The van der Waals surface area contributed by atoms with Gasteiger partial charge in [-0.05, 0) is 31.7 Å². The quantitative estimate of drug-likeness (QED) is 0.638. The average Bonchev–Trinajstić information content (AvgIpc) is 2.38.